The number of nitrogens with two attached hydrogens (primary N) is 1. The lowest BCUT2D eigenvalue weighted by molar-refractivity contribution is 0.0993. The summed E-state index contributed by atoms with van der Waals surface area (Å²) in [5.41, 5.74) is 4.26. The number of sulfonamides is 1. The Hall–Kier alpha value is -2.16. The van der Waals surface area contributed by atoms with Crippen LogP contribution >= 0.6 is 11.8 Å². The van der Waals surface area contributed by atoms with E-state index in [1.807, 2.05) is 50.5 Å². The summed E-state index contributed by atoms with van der Waals surface area (Å²) in [6.45, 7) is 8.49. The predicted molar refractivity (Wildman–Crippen MR) is 112 cm³/mol. The number of primary sulfonamides is 1. The van der Waals surface area contributed by atoms with Crippen molar-refractivity contribution in [3.63, 3.8) is 0 Å². The Morgan fingerprint density at radius 2 is 1.89 bits per heavy atom. The van der Waals surface area contributed by atoms with Gasteiger partial charge >= 0.3 is 0 Å². The molecule has 0 radical (unpaired) electrons. The molecular weight excluding hydrogens is 394 g/mol. The number of Topliss-reactive ketones (excluding diaryl/α,β-unsaturated/α-hetero) is 1. The smallest absolute Gasteiger partial charge is 0.238 e. The summed E-state index contributed by atoms with van der Waals surface area (Å²) in [6, 6.07) is 10.4. The van der Waals surface area contributed by atoms with Crippen molar-refractivity contribution in [2.45, 2.75) is 49.5 Å². The number of thioether (sulfide) groups is 1. The Labute approximate surface area is 169 Å². The van der Waals surface area contributed by atoms with Crippen LogP contribution in [0.1, 0.15) is 35.3 Å². The van der Waals surface area contributed by atoms with E-state index in [0.29, 0.717) is 22.8 Å². The van der Waals surface area contributed by atoms with Crippen molar-refractivity contribution < 1.29 is 13.2 Å². The molecule has 0 bridgehead atoms. The highest BCUT2D eigenvalue weighted by molar-refractivity contribution is 8.00. The van der Waals surface area contributed by atoms with Gasteiger partial charge in [0.05, 0.1) is 21.2 Å². The molecule has 0 aliphatic rings. The number of nitrogens with zero attached hydrogens (tertiary/aromatic N) is 2. The molecule has 0 aliphatic heterocycles. The normalized spacial score (nSPS) is 13.0. The highest BCUT2D eigenvalue weighted by Crippen LogP contribution is 2.30. The first kappa shape index (κ1) is 20.6. The molecule has 148 valence electrons. The molecule has 0 saturated carbocycles. The number of aromatic nitrogens is 2. The van der Waals surface area contributed by atoms with Gasteiger partial charge in [0.1, 0.15) is 0 Å². The van der Waals surface area contributed by atoms with Gasteiger partial charge in [0.2, 0.25) is 10.0 Å². The lowest BCUT2D eigenvalue weighted by atomic mass is 10.0. The van der Waals surface area contributed by atoms with Crippen molar-refractivity contribution in [2.24, 2.45) is 5.14 Å². The summed E-state index contributed by atoms with van der Waals surface area (Å²) in [4.78, 5) is 17.4. The van der Waals surface area contributed by atoms with Gasteiger partial charge in [0.25, 0.3) is 0 Å². The van der Waals surface area contributed by atoms with Crippen molar-refractivity contribution >= 4 is 38.6 Å². The zero-order valence-corrected chi connectivity index (χ0v) is 17.9. The third-order valence-electron chi connectivity index (χ3n) is 4.77. The Bertz CT molecular complexity index is 1170. The third kappa shape index (κ3) is 3.99. The molecule has 3 rings (SSSR count). The van der Waals surface area contributed by atoms with Crippen molar-refractivity contribution in [1.82, 2.24) is 9.55 Å². The number of imidazole rings is 1. The number of hydrogen-bond donors (Lipinski definition) is 1. The number of hydrogen-bond acceptors (Lipinski definition) is 5. The van der Waals surface area contributed by atoms with Crippen LogP contribution in [0, 0.1) is 13.8 Å². The number of rotatable bonds is 6. The minimum Gasteiger partial charge on any atom is -0.319 e. The van der Waals surface area contributed by atoms with Crippen LogP contribution in [0.2, 0.25) is 0 Å². The van der Waals surface area contributed by atoms with Gasteiger partial charge in [-0.3, -0.25) is 4.79 Å². The van der Waals surface area contributed by atoms with Gasteiger partial charge in [-0.1, -0.05) is 23.9 Å². The van der Waals surface area contributed by atoms with Gasteiger partial charge in [-0.2, -0.15) is 0 Å². The van der Waals surface area contributed by atoms with Gasteiger partial charge in [-0.15, -0.1) is 0 Å². The molecule has 2 N–H and O–H groups in total. The first-order chi connectivity index (χ1) is 13.1. The Morgan fingerprint density at radius 1 is 1.18 bits per heavy atom. The van der Waals surface area contributed by atoms with Crippen LogP contribution in [0.15, 0.2) is 46.5 Å². The fraction of sp³-hybridized carbons (Fsp3) is 0.300. The highest BCUT2D eigenvalue weighted by atomic mass is 32.2. The zero-order valence-electron chi connectivity index (χ0n) is 16.3. The van der Waals surface area contributed by atoms with Crippen LogP contribution in [0.5, 0.6) is 0 Å². The first-order valence-electron chi connectivity index (χ1n) is 8.93. The third-order valence-corrected chi connectivity index (χ3v) is 6.77. The molecule has 1 heterocycles. The molecule has 0 fully saturated rings. The summed E-state index contributed by atoms with van der Waals surface area (Å²) >= 11 is 1.37. The molecule has 0 unspecified atom stereocenters. The van der Waals surface area contributed by atoms with E-state index in [4.69, 9.17) is 5.14 Å². The summed E-state index contributed by atoms with van der Waals surface area (Å²) in [5.74, 6) is 0.0352. The maximum atomic E-state index is 12.9. The number of carbonyl (C=O) groups is 1. The zero-order chi connectivity index (χ0) is 20.6. The molecule has 0 amide bonds. The second-order valence-electron chi connectivity index (χ2n) is 6.76. The van der Waals surface area contributed by atoms with Gasteiger partial charge in [0, 0.05) is 12.1 Å². The summed E-state index contributed by atoms with van der Waals surface area (Å²) in [6.07, 6.45) is 0. The number of ketones is 1. The number of benzene rings is 2. The molecular formula is C20H23N3O3S2. The number of fused-ring (bicyclic) bond motifs is 1. The Morgan fingerprint density at radius 3 is 2.50 bits per heavy atom. The maximum Gasteiger partial charge on any atom is 0.238 e. The monoisotopic (exact) mass is 417 g/mol. The summed E-state index contributed by atoms with van der Waals surface area (Å²) in [5, 5.41) is 5.56. The van der Waals surface area contributed by atoms with E-state index in [1.165, 1.54) is 23.9 Å². The molecule has 0 spiro atoms. The molecule has 2 aromatic carbocycles. The molecule has 0 aliphatic carbocycles. The van der Waals surface area contributed by atoms with E-state index in [2.05, 4.69) is 4.98 Å². The average molecular weight is 418 g/mol. The van der Waals surface area contributed by atoms with Crippen LogP contribution < -0.4 is 5.14 Å². The van der Waals surface area contributed by atoms with Crippen LogP contribution in [-0.4, -0.2) is 29.0 Å². The summed E-state index contributed by atoms with van der Waals surface area (Å²) in [7, 11) is -3.79. The highest BCUT2D eigenvalue weighted by Gasteiger charge is 2.21. The second kappa shape index (κ2) is 7.69. The van der Waals surface area contributed by atoms with Gasteiger partial charge in [-0.05, 0) is 63.1 Å². The molecule has 6 nitrogen and oxygen atoms in total. The molecule has 0 saturated heterocycles. The predicted octanol–water partition coefficient (Wildman–Crippen LogP) is 3.68. The topological polar surface area (TPSA) is 95.0 Å². The van der Waals surface area contributed by atoms with Crippen molar-refractivity contribution in [2.75, 3.05) is 0 Å². The molecule has 3 aromatic rings. The minimum absolute atomic E-state index is 0.0246. The van der Waals surface area contributed by atoms with Crippen LogP contribution in [0.25, 0.3) is 11.0 Å². The first-order valence-corrected chi connectivity index (χ1v) is 11.4. The lowest BCUT2D eigenvalue weighted by Gasteiger charge is -2.12. The Balaban J connectivity index is 1.94. The molecule has 1 atom stereocenters. The van der Waals surface area contributed by atoms with Crippen molar-refractivity contribution in [1.29, 1.82) is 0 Å². The number of carbonyl (C=O) groups excluding carboxylic acids is 1. The minimum atomic E-state index is -3.79. The van der Waals surface area contributed by atoms with E-state index in [1.54, 1.807) is 6.07 Å². The molecule has 28 heavy (non-hydrogen) atoms. The quantitative estimate of drug-likeness (QED) is 0.488. The fourth-order valence-electron chi connectivity index (χ4n) is 3.00. The lowest BCUT2D eigenvalue weighted by Crippen LogP contribution is -2.15. The van der Waals surface area contributed by atoms with Crippen molar-refractivity contribution in [3.8, 4) is 0 Å². The van der Waals surface area contributed by atoms with E-state index >= 15 is 0 Å². The van der Waals surface area contributed by atoms with E-state index in [0.717, 1.165) is 16.6 Å². The van der Waals surface area contributed by atoms with E-state index in [-0.39, 0.29) is 15.9 Å². The summed E-state index contributed by atoms with van der Waals surface area (Å²) < 4.78 is 25.2. The van der Waals surface area contributed by atoms with Gasteiger partial charge in [0.15, 0.2) is 10.9 Å². The van der Waals surface area contributed by atoms with Crippen LogP contribution in [-0.2, 0) is 16.6 Å². The van der Waals surface area contributed by atoms with E-state index < -0.39 is 10.0 Å². The van der Waals surface area contributed by atoms with Gasteiger partial charge in [-0.25, -0.2) is 18.5 Å². The van der Waals surface area contributed by atoms with Crippen molar-refractivity contribution in [3.05, 3.63) is 53.1 Å². The Kier molecular flexibility index (Phi) is 5.65. The van der Waals surface area contributed by atoms with Crippen LogP contribution in [0.4, 0.5) is 0 Å². The van der Waals surface area contributed by atoms with Gasteiger partial charge < -0.3 is 4.57 Å². The fourth-order valence-corrected chi connectivity index (χ4v) is 4.60. The standard InChI is InChI=1S/C20H23N3O3S2/c1-5-23-18-9-8-16(28(21,25)26)11-17(18)22-20(23)27-14(4)19(24)15-7-6-12(2)13(3)10-15/h6-11,14H,5H2,1-4H3,(H2,21,25,26)/t14-/m0/s1. The largest absolute Gasteiger partial charge is 0.319 e. The number of aryl methyl sites for hydroxylation is 3. The average Bonchev–Trinajstić information content (AvgIpc) is 2.98. The molecule has 8 heteroatoms. The SMILES string of the molecule is CCn1c(S[C@@H](C)C(=O)c2ccc(C)c(C)c2)nc2cc(S(N)(=O)=O)ccc21. The molecule has 1 aromatic heterocycles. The second-order valence-corrected chi connectivity index (χ2v) is 9.63. The van der Waals surface area contributed by atoms with E-state index in [9.17, 15) is 13.2 Å². The maximum absolute atomic E-state index is 12.9. The van der Waals surface area contributed by atoms with Crippen LogP contribution in [0.3, 0.4) is 0 Å².